The zero-order chi connectivity index (χ0) is 41.8. The van der Waals surface area contributed by atoms with Crippen LogP contribution in [0.1, 0.15) is 251 Å². The molecule has 1 atom stereocenters. The van der Waals surface area contributed by atoms with Crippen LogP contribution < -0.4 is 0 Å². The number of hydrogen-bond donors (Lipinski definition) is 2. The van der Waals surface area contributed by atoms with Crippen molar-refractivity contribution < 1.29 is 37.9 Å². The summed E-state index contributed by atoms with van der Waals surface area (Å²) in [4.78, 5) is 43.0. The highest BCUT2D eigenvalue weighted by molar-refractivity contribution is 7.46. The van der Waals surface area contributed by atoms with E-state index in [0.29, 0.717) is 6.42 Å². The highest BCUT2D eigenvalue weighted by Crippen LogP contribution is 2.36. The van der Waals surface area contributed by atoms with Crippen LogP contribution in [-0.2, 0) is 28.2 Å². The molecule has 0 unspecified atom stereocenters. The minimum absolute atomic E-state index is 0.206. The third-order valence-corrected chi connectivity index (χ3v) is 11.2. The van der Waals surface area contributed by atoms with Gasteiger partial charge in [-0.05, 0) is 44.9 Å². The summed E-state index contributed by atoms with van der Waals surface area (Å²) >= 11 is 0. The Kier molecular flexibility index (Phi) is 43.0. The van der Waals surface area contributed by atoms with E-state index in [9.17, 15) is 14.2 Å². The van der Waals surface area contributed by atoms with Gasteiger partial charge in [-0.1, -0.05) is 218 Å². The van der Waals surface area contributed by atoms with Gasteiger partial charge >= 0.3 is 19.8 Å². The maximum atomic E-state index is 12.4. The molecule has 0 aliphatic rings. The minimum Gasteiger partial charge on any atom is -0.462 e. The topological polar surface area (TPSA) is 119 Å². The molecule has 8 nitrogen and oxygen atoms in total. The summed E-state index contributed by atoms with van der Waals surface area (Å²) in [5, 5.41) is 0. The van der Waals surface area contributed by atoms with Gasteiger partial charge in [-0.25, -0.2) is 4.57 Å². The molecule has 9 heteroatoms. The van der Waals surface area contributed by atoms with Crippen molar-refractivity contribution in [2.75, 3.05) is 13.2 Å². The summed E-state index contributed by atoms with van der Waals surface area (Å²) in [7, 11) is -4.76. The Labute approximate surface area is 351 Å². The first-order valence-electron chi connectivity index (χ1n) is 24.1. The van der Waals surface area contributed by atoms with E-state index in [2.05, 4.69) is 42.7 Å². The fourth-order valence-electron chi connectivity index (χ4n) is 7.11. The molecule has 0 aliphatic heterocycles. The van der Waals surface area contributed by atoms with Crippen molar-refractivity contribution in [3.8, 4) is 0 Å². The molecule has 0 heterocycles. The Morgan fingerprint density at radius 3 is 1.19 bits per heavy atom. The number of rotatable bonds is 45. The zero-order valence-corrected chi connectivity index (χ0v) is 38.1. The molecule has 0 amide bonds. The van der Waals surface area contributed by atoms with Gasteiger partial charge in [0.2, 0.25) is 0 Å². The van der Waals surface area contributed by atoms with Gasteiger partial charge in [-0.15, -0.1) is 0 Å². The summed E-state index contributed by atoms with van der Waals surface area (Å²) in [6.45, 7) is 3.69. The smallest absolute Gasteiger partial charge is 0.462 e. The van der Waals surface area contributed by atoms with E-state index in [1.54, 1.807) is 0 Å². The Morgan fingerprint density at radius 2 is 0.789 bits per heavy atom. The molecule has 0 fully saturated rings. The Bertz CT molecular complexity index is 977. The lowest BCUT2D eigenvalue weighted by atomic mass is 10.0. The lowest BCUT2D eigenvalue weighted by Crippen LogP contribution is -2.29. The predicted molar refractivity (Wildman–Crippen MR) is 239 cm³/mol. The lowest BCUT2D eigenvalue weighted by molar-refractivity contribution is -0.161. The number of carbonyl (C=O) groups excluding carboxylic acids is 2. The van der Waals surface area contributed by atoms with E-state index in [1.807, 2.05) is 0 Å². The molecule has 336 valence electrons. The summed E-state index contributed by atoms with van der Waals surface area (Å²) in [5.74, 6) is -0.880. The van der Waals surface area contributed by atoms with Gasteiger partial charge in [0.15, 0.2) is 6.10 Å². The predicted octanol–water partition coefficient (Wildman–Crippen LogP) is 15.1. The fourth-order valence-corrected chi connectivity index (χ4v) is 7.47. The van der Waals surface area contributed by atoms with Crippen molar-refractivity contribution in [2.24, 2.45) is 0 Å². The molecule has 57 heavy (non-hydrogen) atoms. The normalized spacial score (nSPS) is 12.6. The summed E-state index contributed by atoms with van der Waals surface area (Å²) < 4.78 is 26.5. The number of phosphoric acid groups is 1. The number of unbranched alkanes of at least 4 members (excludes halogenated alkanes) is 31. The second-order valence-corrected chi connectivity index (χ2v) is 17.7. The van der Waals surface area contributed by atoms with Crippen LogP contribution in [0, 0.1) is 0 Å². The minimum atomic E-state index is -4.76. The van der Waals surface area contributed by atoms with E-state index in [1.165, 1.54) is 167 Å². The molecule has 0 saturated heterocycles. The zero-order valence-electron chi connectivity index (χ0n) is 37.3. The van der Waals surface area contributed by atoms with Crippen molar-refractivity contribution in [1.29, 1.82) is 0 Å². The van der Waals surface area contributed by atoms with E-state index in [0.717, 1.165) is 51.4 Å². The Balaban J connectivity index is 3.80. The largest absolute Gasteiger partial charge is 0.469 e. The first-order valence-corrected chi connectivity index (χ1v) is 25.7. The van der Waals surface area contributed by atoms with Crippen molar-refractivity contribution in [2.45, 2.75) is 258 Å². The first-order chi connectivity index (χ1) is 27.8. The van der Waals surface area contributed by atoms with Crippen molar-refractivity contribution in [1.82, 2.24) is 0 Å². The lowest BCUT2D eigenvalue weighted by Gasteiger charge is -2.18. The van der Waals surface area contributed by atoms with E-state index in [-0.39, 0.29) is 19.4 Å². The molecular formula is C48H91O8P. The second kappa shape index (κ2) is 44.1. The van der Waals surface area contributed by atoms with Crippen molar-refractivity contribution in [3.05, 3.63) is 24.3 Å². The molecule has 0 rings (SSSR count). The van der Waals surface area contributed by atoms with Crippen LogP contribution in [0.4, 0.5) is 0 Å². The van der Waals surface area contributed by atoms with Gasteiger partial charge in [0.05, 0.1) is 6.61 Å². The van der Waals surface area contributed by atoms with Gasteiger partial charge in [0, 0.05) is 12.8 Å². The summed E-state index contributed by atoms with van der Waals surface area (Å²) in [6.07, 6.45) is 51.9. The van der Waals surface area contributed by atoms with Crippen LogP contribution in [0.2, 0.25) is 0 Å². The van der Waals surface area contributed by atoms with Gasteiger partial charge in [-0.3, -0.25) is 14.1 Å². The van der Waals surface area contributed by atoms with Crippen LogP contribution in [0.5, 0.6) is 0 Å². The van der Waals surface area contributed by atoms with Gasteiger partial charge in [-0.2, -0.15) is 0 Å². The van der Waals surface area contributed by atoms with E-state index >= 15 is 0 Å². The number of esters is 2. The Morgan fingerprint density at radius 1 is 0.456 bits per heavy atom. The number of hydrogen-bond acceptors (Lipinski definition) is 6. The molecule has 0 saturated carbocycles. The van der Waals surface area contributed by atoms with Gasteiger partial charge in [0.25, 0.3) is 0 Å². The number of ether oxygens (including phenoxy) is 2. The molecule has 0 radical (unpaired) electrons. The quantitative estimate of drug-likeness (QED) is 0.0270. The van der Waals surface area contributed by atoms with Crippen molar-refractivity contribution in [3.63, 3.8) is 0 Å². The number of carbonyl (C=O) groups is 2. The van der Waals surface area contributed by atoms with Crippen LogP contribution in [-0.4, -0.2) is 41.0 Å². The first kappa shape index (κ1) is 55.5. The third kappa shape index (κ3) is 47.1. The maximum Gasteiger partial charge on any atom is 0.469 e. The Hall–Kier alpha value is -1.47. The molecule has 2 N–H and O–H groups in total. The van der Waals surface area contributed by atoms with Crippen LogP contribution in [0.15, 0.2) is 24.3 Å². The maximum absolute atomic E-state index is 12.4. The second-order valence-electron chi connectivity index (χ2n) is 16.4. The highest BCUT2D eigenvalue weighted by Gasteiger charge is 2.23. The van der Waals surface area contributed by atoms with Crippen molar-refractivity contribution >= 4 is 19.8 Å². The molecule has 0 aliphatic carbocycles. The van der Waals surface area contributed by atoms with Crippen LogP contribution in [0.3, 0.4) is 0 Å². The molecule has 0 bridgehead atoms. The SMILES string of the molecule is CCCCC/C=C/C/C=C/CCCCCCCCCC(=O)O[C@H](COC(=O)CCCCCCCCCCCCCCCCCCCCCCCC)COP(=O)(O)O. The van der Waals surface area contributed by atoms with Crippen LogP contribution >= 0.6 is 7.82 Å². The molecule has 0 aromatic heterocycles. The highest BCUT2D eigenvalue weighted by atomic mass is 31.2. The third-order valence-electron chi connectivity index (χ3n) is 10.7. The van der Waals surface area contributed by atoms with Gasteiger partial charge in [0.1, 0.15) is 6.61 Å². The molecule has 0 spiro atoms. The fraction of sp³-hybridized carbons (Fsp3) is 0.875. The van der Waals surface area contributed by atoms with Crippen LogP contribution in [0.25, 0.3) is 0 Å². The average molecular weight is 827 g/mol. The van der Waals surface area contributed by atoms with E-state index in [4.69, 9.17) is 19.3 Å². The average Bonchev–Trinajstić information content (AvgIpc) is 3.18. The number of allylic oxidation sites excluding steroid dienone is 4. The van der Waals surface area contributed by atoms with E-state index < -0.39 is 32.5 Å². The van der Waals surface area contributed by atoms with Gasteiger partial charge < -0.3 is 19.3 Å². The number of phosphoric ester groups is 1. The summed E-state index contributed by atoms with van der Waals surface area (Å²) in [5.41, 5.74) is 0. The molecular weight excluding hydrogens is 735 g/mol. The summed E-state index contributed by atoms with van der Waals surface area (Å²) in [6, 6.07) is 0. The standard InChI is InChI=1S/C48H91O8P/c1-3-5-7-9-11-13-15-17-19-21-22-23-24-25-27-28-30-32-34-36-38-40-42-47(49)54-44-46(45-55-57(51,52)53)56-48(50)43-41-39-37-35-33-31-29-26-20-18-16-14-12-10-8-6-4-2/h12,14,18,20,46H,3-11,13,15-17,19,21-45H2,1-2H3,(H2,51,52,53)/b14-12+,20-18+/t46-/m1/s1. The molecule has 0 aromatic rings. The molecule has 0 aromatic carbocycles. The monoisotopic (exact) mass is 827 g/mol.